The van der Waals surface area contributed by atoms with Crippen molar-refractivity contribution in [2.24, 2.45) is 23.7 Å². The summed E-state index contributed by atoms with van der Waals surface area (Å²) in [4.78, 5) is 2.56. The average molecular weight is 833 g/mol. The van der Waals surface area contributed by atoms with Crippen molar-refractivity contribution in [1.29, 1.82) is 0 Å². The molecule has 9 aromatic carbocycles. The number of anilines is 3. The number of para-hydroxylation sites is 2. The Morgan fingerprint density at radius 3 is 1.55 bits per heavy atom. The summed E-state index contributed by atoms with van der Waals surface area (Å²) in [6.45, 7) is 0. The summed E-state index contributed by atoms with van der Waals surface area (Å²) in [5.41, 5.74) is 18.4. The normalized spacial score (nSPS) is 22.6. The summed E-state index contributed by atoms with van der Waals surface area (Å²) in [6, 6.07) is 79.0. The monoisotopic (exact) mass is 832 g/mol. The van der Waals surface area contributed by atoms with E-state index in [1.165, 1.54) is 109 Å². The lowest BCUT2D eigenvalue weighted by Crippen LogP contribution is -2.59. The van der Waals surface area contributed by atoms with Gasteiger partial charge in [-0.3, -0.25) is 0 Å². The minimum Gasteiger partial charge on any atom is -0.310 e. The number of hydrogen-bond donors (Lipinski definition) is 0. The highest BCUT2D eigenvalue weighted by Gasteiger charge is 2.64. The molecule has 2 nitrogen and oxygen atoms in total. The van der Waals surface area contributed by atoms with Crippen LogP contribution >= 0.6 is 0 Å². The van der Waals surface area contributed by atoms with Crippen molar-refractivity contribution in [3.8, 4) is 16.8 Å². The zero-order valence-corrected chi connectivity index (χ0v) is 36.4. The standard InChI is InChI=1S/C63H48N2/c1-2-16-48-42(14-1)15-13-27-59(48)64(45-28-30-46(31-29-45)65-60-25-11-5-19-51(60)52-20-6-12-26-61(52)65)47-32-33-57-58(39-47)63(53-21-7-3-17-49(53)50-18-4-8-22-54(50)63)56-24-10-9-23-55(56)62(57)43-35-40-34-41(37-43)38-44(62)36-40/h1-33,39-41,43-44H,34-38H2. The summed E-state index contributed by atoms with van der Waals surface area (Å²) in [6.07, 6.45) is 6.84. The highest BCUT2D eigenvalue weighted by molar-refractivity contribution is 6.09. The second kappa shape index (κ2) is 13.2. The summed E-state index contributed by atoms with van der Waals surface area (Å²) in [5.74, 6) is 3.04. The molecule has 1 aromatic heterocycles. The number of hydrogen-bond acceptors (Lipinski definition) is 1. The van der Waals surface area contributed by atoms with Gasteiger partial charge >= 0.3 is 0 Å². The molecule has 4 saturated carbocycles. The van der Waals surface area contributed by atoms with E-state index in [0.29, 0.717) is 11.8 Å². The Morgan fingerprint density at radius 2 is 0.892 bits per heavy atom. The van der Waals surface area contributed by atoms with Crippen LogP contribution in [0, 0.1) is 23.7 Å². The SMILES string of the molecule is c1ccc2c(c1)-c1ccccc1C21c2ccccc2C2(c3ccc(N(c4ccc(-n5c6ccccc6c6ccccc65)cc4)c4cccc5ccccc45)cc31)C1CC3CC(C1)CC2C3. The number of aromatic nitrogens is 1. The Kier molecular flexibility index (Phi) is 7.36. The fraction of sp³-hybridized carbons (Fsp3) is 0.175. The van der Waals surface area contributed by atoms with Gasteiger partial charge in [0.15, 0.2) is 0 Å². The van der Waals surface area contributed by atoms with Crippen LogP contribution in [0.2, 0.25) is 0 Å². The van der Waals surface area contributed by atoms with Gasteiger partial charge in [0.05, 0.1) is 22.1 Å². The van der Waals surface area contributed by atoms with E-state index in [4.69, 9.17) is 0 Å². The fourth-order valence-corrected chi connectivity index (χ4v) is 15.2. The molecule has 1 heterocycles. The van der Waals surface area contributed by atoms with Crippen LogP contribution in [0.1, 0.15) is 65.5 Å². The van der Waals surface area contributed by atoms with Crippen LogP contribution in [-0.4, -0.2) is 4.57 Å². The summed E-state index contributed by atoms with van der Waals surface area (Å²) in [7, 11) is 0. The van der Waals surface area contributed by atoms with Crippen molar-refractivity contribution in [3.63, 3.8) is 0 Å². The molecule has 10 aromatic rings. The van der Waals surface area contributed by atoms with E-state index < -0.39 is 5.41 Å². The van der Waals surface area contributed by atoms with Gasteiger partial charge < -0.3 is 9.47 Å². The summed E-state index contributed by atoms with van der Waals surface area (Å²) in [5, 5.41) is 5.04. The van der Waals surface area contributed by atoms with Crippen LogP contribution in [0.5, 0.6) is 0 Å². The van der Waals surface area contributed by atoms with E-state index in [-0.39, 0.29) is 5.41 Å². The summed E-state index contributed by atoms with van der Waals surface area (Å²) >= 11 is 0. The lowest BCUT2D eigenvalue weighted by atomic mass is 9.38. The molecule has 0 saturated heterocycles. The van der Waals surface area contributed by atoms with Crippen molar-refractivity contribution in [2.75, 3.05) is 4.90 Å². The number of benzene rings is 9. The van der Waals surface area contributed by atoms with Crippen LogP contribution in [0.4, 0.5) is 17.1 Å². The van der Waals surface area contributed by atoms with Gasteiger partial charge in [0, 0.05) is 38.6 Å². The van der Waals surface area contributed by atoms with Crippen molar-refractivity contribution >= 4 is 49.6 Å². The van der Waals surface area contributed by atoms with Crippen molar-refractivity contribution in [2.45, 2.75) is 42.9 Å². The zero-order valence-electron chi connectivity index (χ0n) is 36.4. The molecule has 2 spiro atoms. The predicted octanol–water partition coefficient (Wildman–Crippen LogP) is 15.8. The molecule has 2 heteroatoms. The Labute approximate surface area is 380 Å². The quantitative estimate of drug-likeness (QED) is 0.171. The van der Waals surface area contributed by atoms with E-state index in [0.717, 1.165) is 23.2 Å². The number of fused-ring (bicyclic) bond motifs is 13. The second-order valence-electron chi connectivity index (χ2n) is 20.0. The van der Waals surface area contributed by atoms with Gasteiger partial charge in [0.1, 0.15) is 0 Å². The predicted molar refractivity (Wildman–Crippen MR) is 268 cm³/mol. The average Bonchev–Trinajstić information content (AvgIpc) is 3.85. The molecule has 0 N–H and O–H groups in total. The number of rotatable bonds is 4. The first kappa shape index (κ1) is 36.2. The largest absolute Gasteiger partial charge is 0.310 e. The molecule has 4 fully saturated rings. The van der Waals surface area contributed by atoms with Crippen LogP contribution < -0.4 is 4.90 Å². The molecule has 65 heavy (non-hydrogen) atoms. The maximum Gasteiger partial charge on any atom is 0.0720 e. The lowest BCUT2D eigenvalue weighted by molar-refractivity contribution is -0.0440. The Hall–Kier alpha value is -7.16. The third-order valence-electron chi connectivity index (χ3n) is 17.2. The smallest absolute Gasteiger partial charge is 0.0720 e. The van der Waals surface area contributed by atoms with Crippen LogP contribution in [0.15, 0.2) is 206 Å². The van der Waals surface area contributed by atoms with Gasteiger partial charge in [0.25, 0.3) is 0 Å². The van der Waals surface area contributed by atoms with Crippen LogP contribution in [-0.2, 0) is 10.8 Å². The summed E-state index contributed by atoms with van der Waals surface area (Å²) < 4.78 is 2.43. The first-order valence-electron chi connectivity index (χ1n) is 24.0. The molecule has 0 amide bonds. The fourth-order valence-electron chi connectivity index (χ4n) is 15.2. The molecule has 0 radical (unpaired) electrons. The third-order valence-corrected chi connectivity index (χ3v) is 17.2. The van der Waals surface area contributed by atoms with Gasteiger partial charge in [-0.2, -0.15) is 0 Å². The van der Waals surface area contributed by atoms with Gasteiger partial charge in [0.2, 0.25) is 0 Å². The Balaban J connectivity index is 1.01. The van der Waals surface area contributed by atoms with E-state index in [9.17, 15) is 0 Å². The number of nitrogens with zero attached hydrogens (tertiary/aromatic N) is 2. The minimum absolute atomic E-state index is 0.0101. The van der Waals surface area contributed by atoms with Gasteiger partial charge in [-0.25, -0.2) is 0 Å². The van der Waals surface area contributed by atoms with Crippen molar-refractivity contribution in [1.82, 2.24) is 4.57 Å². The van der Waals surface area contributed by atoms with Crippen LogP contribution in [0.25, 0.3) is 49.4 Å². The first-order chi connectivity index (χ1) is 32.2. The van der Waals surface area contributed by atoms with E-state index in [1.54, 1.807) is 11.1 Å². The van der Waals surface area contributed by atoms with Gasteiger partial charge in [-0.15, -0.1) is 0 Å². The molecule has 0 unspecified atom stereocenters. The molecule has 6 aliphatic rings. The molecule has 310 valence electrons. The van der Waals surface area contributed by atoms with Crippen LogP contribution in [0.3, 0.4) is 0 Å². The molecule has 16 rings (SSSR count). The first-order valence-corrected chi connectivity index (χ1v) is 24.0. The minimum atomic E-state index is -0.458. The van der Waals surface area contributed by atoms with E-state index in [2.05, 4.69) is 216 Å². The van der Waals surface area contributed by atoms with Gasteiger partial charge in [-0.05, 0) is 160 Å². The molecule has 0 atom stereocenters. The third kappa shape index (κ3) is 4.64. The zero-order chi connectivity index (χ0) is 42.4. The Morgan fingerprint density at radius 1 is 0.385 bits per heavy atom. The second-order valence-corrected chi connectivity index (χ2v) is 20.0. The molecule has 0 aliphatic heterocycles. The van der Waals surface area contributed by atoms with Gasteiger partial charge in [-0.1, -0.05) is 152 Å². The lowest BCUT2D eigenvalue weighted by Gasteiger charge is -2.65. The molecular formula is C63H48N2. The van der Waals surface area contributed by atoms with Crippen molar-refractivity contribution < 1.29 is 0 Å². The Bertz CT molecular complexity index is 3460. The highest BCUT2D eigenvalue weighted by atomic mass is 15.1. The maximum absolute atomic E-state index is 2.67. The molecule has 6 aliphatic carbocycles. The highest BCUT2D eigenvalue weighted by Crippen LogP contribution is 2.71. The van der Waals surface area contributed by atoms with E-state index >= 15 is 0 Å². The maximum atomic E-state index is 2.67. The molecular weight excluding hydrogens is 785 g/mol. The van der Waals surface area contributed by atoms with Crippen molar-refractivity contribution in [3.05, 3.63) is 240 Å². The van der Waals surface area contributed by atoms with E-state index in [1.807, 2.05) is 0 Å². The topological polar surface area (TPSA) is 8.17 Å². The molecule has 4 bridgehead atoms.